The molecule has 0 bridgehead atoms. The molecule has 0 aliphatic rings. The van der Waals surface area contributed by atoms with E-state index in [0.717, 1.165) is 24.7 Å². The fraction of sp³-hybridized carbons (Fsp3) is 0.833. The van der Waals surface area contributed by atoms with Gasteiger partial charge in [0.1, 0.15) is 0 Å². The molecule has 0 heterocycles. The summed E-state index contributed by atoms with van der Waals surface area (Å²) >= 11 is 0. The predicted octanol–water partition coefficient (Wildman–Crippen LogP) is 2.85. The Balaban J connectivity index is 5.12. The molecule has 0 N–H and O–H groups in total. The molecule has 0 aliphatic carbocycles. The van der Waals surface area contributed by atoms with Crippen molar-refractivity contribution in [2.45, 2.75) is 41.0 Å². The lowest BCUT2D eigenvalue weighted by Crippen LogP contribution is -2.60. The molecule has 16 heavy (non-hydrogen) atoms. The Morgan fingerprint density at radius 2 is 1.44 bits per heavy atom. The predicted molar refractivity (Wildman–Crippen MR) is 71.4 cm³/mol. The summed E-state index contributed by atoms with van der Waals surface area (Å²) in [6, 6.07) is 0. The highest BCUT2D eigenvalue weighted by Crippen LogP contribution is 2.24. The van der Waals surface area contributed by atoms with Crippen LogP contribution in [-0.4, -0.2) is 39.6 Å². The van der Waals surface area contributed by atoms with Gasteiger partial charge in [0.2, 0.25) is 0 Å². The Morgan fingerprint density at radius 3 is 1.69 bits per heavy atom. The van der Waals surface area contributed by atoms with E-state index in [4.69, 9.17) is 8.85 Å². The van der Waals surface area contributed by atoms with E-state index >= 15 is 0 Å². The van der Waals surface area contributed by atoms with E-state index in [1.165, 1.54) is 0 Å². The molecule has 0 radical (unpaired) electrons. The molecule has 0 fully saturated rings. The Kier molecular flexibility index (Phi) is 7.92. The van der Waals surface area contributed by atoms with Crippen molar-refractivity contribution in [3.63, 3.8) is 0 Å². The summed E-state index contributed by atoms with van der Waals surface area (Å²) in [4.78, 5) is 0. The number of rotatable bonds is 9. The monoisotopic (exact) mass is 245 g/mol. The fourth-order valence-corrected chi connectivity index (χ4v) is 5.27. The lowest BCUT2D eigenvalue weighted by atomic mass is 10.5. The van der Waals surface area contributed by atoms with Crippen molar-refractivity contribution in [3.05, 3.63) is 11.8 Å². The van der Waals surface area contributed by atoms with Crippen LogP contribution in [0.25, 0.3) is 0 Å². The summed E-state index contributed by atoms with van der Waals surface area (Å²) in [5, 5.41) is 1.12. The summed E-state index contributed by atoms with van der Waals surface area (Å²) < 4.78 is 14.3. The molecule has 0 rings (SSSR count). The van der Waals surface area contributed by atoms with E-state index in [9.17, 15) is 0 Å². The van der Waals surface area contributed by atoms with Crippen molar-refractivity contribution < 1.29 is 8.85 Å². The highest BCUT2D eigenvalue weighted by Gasteiger charge is 2.45. The molecule has 0 aromatic rings. The zero-order valence-electron chi connectivity index (χ0n) is 11.5. The van der Waals surface area contributed by atoms with Gasteiger partial charge in [0.25, 0.3) is 0 Å². The largest absolute Gasteiger partial charge is 0.458 e. The zero-order chi connectivity index (χ0) is 12.6. The Hall–Kier alpha value is -0.163. The third-order valence-electron chi connectivity index (χ3n) is 2.73. The molecule has 0 unspecified atom stereocenters. The first-order valence-electron chi connectivity index (χ1n) is 6.33. The van der Waals surface area contributed by atoms with E-state index in [0.29, 0.717) is 13.2 Å². The smallest absolute Gasteiger partial charge is 0.380 e. The van der Waals surface area contributed by atoms with E-state index in [1.807, 2.05) is 13.8 Å². The normalized spacial score (nSPS) is 12.1. The van der Waals surface area contributed by atoms with Crippen LogP contribution in [0.3, 0.4) is 0 Å². The molecular formula is C12H27NO2Si. The summed E-state index contributed by atoms with van der Waals surface area (Å²) in [5.41, 5.74) is 0. The minimum atomic E-state index is -2.39. The number of nitrogens with zero attached hydrogens (tertiary/aromatic N) is 1. The van der Waals surface area contributed by atoms with Gasteiger partial charge in [-0.2, -0.15) is 0 Å². The first-order chi connectivity index (χ1) is 7.62. The van der Waals surface area contributed by atoms with Crippen LogP contribution in [0.1, 0.15) is 41.0 Å². The molecule has 0 saturated heterocycles. The maximum atomic E-state index is 6.01. The standard InChI is InChI=1S/C12H27NO2Si/c1-7-12(6)16(14-10-4,15-11-5)13(8-2)9-3/h6-11H2,1-5H3. The van der Waals surface area contributed by atoms with Crippen LogP contribution in [0.2, 0.25) is 0 Å². The van der Waals surface area contributed by atoms with Gasteiger partial charge in [-0.05, 0) is 38.6 Å². The van der Waals surface area contributed by atoms with Crippen molar-refractivity contribution in [1.82, 2.24) is 4.57 Å². The molecular weight excluding hydrogens is 218 g/mol. The lowest BCUT2D eigenvalue weighted by Gasteiger charge is -2.39. The number of hydrogen-bond donors (Lipinski definition) is 0. The van der Waals surface area contributed by atoms with Crippen molar-refractivity contribution in [2.75, 3.05) is 26.3 Å². The minimum absolute atomic E-state index is 0.682. The molecule has 0 atom stereocenters. The lowest BCUT2D eigenvalue weighted by molar-refractivity contribution is 0.132. The van der Waals surface area contributed by atoms with Crippen LogP contribution in [0.5, 0.6) is 0 Å². The maximum absolute atomic E-state index is 6.01. The second-order valence-electron chi connectivity index (χ2n) is 3.58. The van der Waals surface area contributed by atoms with Crippen molar-refractivity contribution in [3.8, 4) is 0 Å². The molecule has 4 heteroatoms. The molecule has 0 aromatic heterocycles. The maximum Gasteiger partial charge on any atom is 0.458 e. The Labute approximate surface area is 102 Å². The van der Waals surface area contributed by atoms with E-state index < -0.39 is 8.72 Å². The van der Waals surface area contributed by atoms with Gasteiger partial charge >= 0.3 is 8.72 Å². The summed E-state index contributed by atoms with van der Waals surface area (Å²) in [6.07, 6.45) is 0.919. The topological polar surface area (TPSA) is 21.7 Å². The summed E-state index contributed by atoms with van der Waals surface area (Å²) in [5.74, 6) is 0. The van der Waals surface area contributed by atoms with Crippen molar-refractivity contribution in [1.29, 1.82) is 0 Å². The highest BCUT2D eigenvalue weighted by atomic mass is 28.4. The second-order valence-corrected chi connectivity index (χ2v) is 6.66. The fourth-order valence-electron chi connectivity index (χ4n) is 1.91. The van der Waals surface area contributed by atoms with Crippen LogP contribution in [0.4, 0.5) is 0 Å². The quantitative estimate of drug-likeness (QED) is 0.583. The van der Waals surface area contributed by atoms with Gasteiger partial charge in [-0.3, -0.25) is 4.57 Å². The molecule has 96 valence electrons. The van der Waals surface area contributed by atoms with E-state index in [-0.39, 0.29) is 0 Å². The Bertz CT molecular complexity index is 199. The minimum Gasteiger partial charge on any atom is -0.380 e. The average molecular weight is 245 g/mol. The summed E-state index contributed by atoms with van der Waals surface area (Å²) in [7, 11) is -2.39. The second kappa shape index (κ2) is 8.01. The molecule has 0 spiro atoms. The van der Waals surface area contributed by atoms with Crippen molar-refractivity contribution in [2.24, 2.45) is 0 Å². The Morgan fingerprint density at radius 1 is 1.00 bits per heavy atom. The first-order valence-corrected chi connectivity index (χ1v) is 8.10. The molecule has 0 amide bonds. The van der Waals surface area contributed by atoms with Gasteiger partial charge in [0, 0.05) is 13.2 Å². The van der Waals surface area contributed by atoms with Gasteiger partial charge in [-0.1, -0.05) is 27.4 Å². The van der Waals surface area contributed by atoms with Gasteiger partial charge in [0.15, 0.2) is 0 Å². The van der Waals surface area contributed by atoms with Gasteiger partial charge in [-0.15, -0.1) is 0 Å². The van der Waals surface area contributed by atoms with Crippen LogP contribution >= 0.6 is 0 Å². The number of hydrogen-bond acceptors (Lipinski definition) is 3. The van der Waals surface area contributed by atoms with E-state index in [2.05, 4.69) is 31.9 Å². The third-order valence-corrected chi connectivity index (χ3v) is 6.81. The highest BCUT2D eigenvalue weighted by molar-refractivity contribution is 6.72. The molecule has 0 aliphatic heterocycles. The number of allylic oxidation sites excluding steroid dienone is 1. The first kappa shape index (κ1) is 15.8. The van der Waals surface area contributed by atoms with Gasteiger partial charge in [-0.25, -0.2) is 0 Å². The summed E-state index contributed by atoms with van der Waals surface area (Å²) in [6.45, 7) is 17.9. The molecule has 3 nitrogen and oxygen atoms in total. The van der Waals surface area contributed by atoms with E-state index in [1.54, 1.807) is 0 Å². The van der Waals surface area contributed by atoms with Crippen molar-refractivity contribution >= 4 is 8.72 Å². The molecule has 0 aromatic carbocycles. The molecule has 0 saturated carbocycles. The van der Waals surface area contributed by atoms with Crippen LogP contribution in [0, 0.1) is 0 Å². The van der Waals surface area contributed by atoms with Crippen LogP contribution in [-0.2, 0) is 8.85 Å². The van der Waals surface area contributed by atoms with Gasteiger partial charge in [0.05, 0.1) is 0 Å². The third kappa shape index (κ3) is 3.42. The van der Waals surface area contributed by atoms with Gasteiger partial charge < -0.3 is 8.85 Å². The average Bonchev–Trinajstić information content (AvgIpc) is 2.29. The van der Waals surface area contributed by atoms with Crippen LogP contribution < -0.4 is 0 Å². The SMILES string of the molecule is C=C(CC)[Si](OCC)(OCC)N(CC)CC. The zero-order valence-corrected chi connectivity index (χ0v) is 12.5. The van der Waals surface area contributed by atoms with Crippen LogP contribution in [0.15, 0.2) is 11.8 Å².